The summed E-state index contributed by atoms with van der Waals surface area (Å²) in [6, 6.07) is 8.31. The molecule has 0 unspecified atom stereocenters. The highest BCUT2D eigenvalue weighted by Crippen LogP contribution is 2.23. The maximum absolute atomic E-state index is 9.83. The first kappa shape index (κ1) is 10.2. The molecule has 0 aliphatic rings. The van der Waals surface area contributed by atoms with E-state index in [0.717, 1.165) is 11.2 Å². The van der Waals surface area contributed by atoms with Gasteiger partial charge in [-0.3, -0.25) is 0 Å². The normalized spacial score (nSPS) is 12.3. The average molecular weight is 203 g/mol. The van der Waals surface area contributed by atoms with E-state index in [1.54, 1.807) is 0 Å². The van der Waals surface area contributed by atoms with Crippen molar-refractivity contribution in [2.24, 2.45) is 0 Å². The average Bonchev–Trinajstić information content (AvgIpc) is 2.43. The van der Waals surface area contributed by atoms with Crippen LogP contribution in [0.25, 0.3) is 10.9 Å². The SMILES string of the molecule is Cc1cc2c(CC(C)(C)O)cccc2[nH]1. The summed E-state index contributed by atoms with van der Waals surface area (Å²) in [7, 11) is 0. The van der Waals surface area contributed by atoms with Gasteiger partial charge in [-0.25, -0.2) is 0 Å². The van der Waals surface area contributed by atoms with Gasteiger partial charge in [0.05, 0.1) is 5.60 Å². The third kappa shape index (κ3) is 2.21. The number of rotatable bonds is 2. The van der Waals surface area contributed by atoms with E-state index in [9.17, 15) is 5.11 Å². The number of hydrogen-bond donors (Lipinski definition) is 2. The summed E-state index contributed by atoms with van der Waals surface area (Å²) in [5.41, 5.74) is 2.85. The molecular formula is C13H17NO. The number of hydrogen-bond acceptors (Lipinski definition) is 1. The fraction of sp³-hybridized carbons (Fsp3) is 0.385. The minimum Gasteiger partial charge on any atom is -0.390 e. The second-order valence-corrected chi connectivity index (χ2v) is 4.82. The molecule has 2 aromatic rings. The van der Waals surface area contributed by atoms with E-state index in [1.165, 1.54) is 10.9 Å². The second kappa shape index (κ2) is 3.38. The summed E-state index contributed by atoms with van der Waals surface area (Å²) < 4.78 is 0. The van der Waals surface area contributed by atoms with Crippen LogP contribution in [0.4, 0.5) is 0 Å². The first-order chi connectivity index (χ1) is 6.96. The number of H-pyrrole nitrogens is 1. The molecule has 15 heavy (non-hydrogen) atoms. The lowest BCUT2D eigenvalue weighted by atomic mass is 9.96. The Hall–Kier alpha value is -1.28. The topological polar surface area (TPSA) is 36.0 Å². The molecule has 0 aliphatic carbocycles. The number of fused-ring (bicyclic) bond motifs is 1. The summed E-state index contributed by atoms with van der Waals surface area (Å²) in [4.78, 5) is 3.30. The lowest BCUT2D eigenvalue weighted by Gasteiger charge is -2.17. The molecule has 1 aromatic heterocycles. The maximum atomic E-state index is 9.83. The van der Waals surface area contributed by atoms with E-state index in [2.05, 4.69) is 23.2 Å². The lowest BCUT2D eigenvalue weighted by molar-refractivity contribution is 0.0813. The number of aromatic amines is 1. The number of aliphatic hydroxyl groups is 1. The summed E-state index contributed by atoms with van der Waals surface area (Å²) in [5.74, 6) is 0. The summed E-state index contributed by atoms with van der Waals surface area (Å²) in [6.07, 6.45) is 0.682. The zero-order valence-electron chi connectivity index (χ0n) is 9.46. The Labute approximate surface area is 89.9 Å². The smallest absolute Gasteiger partial charge is 0.0632 e. The van der Waals surface area contributed by atoms with Gasteiger partial charge < -0.3 is 10.1 Å². The van der Waals surface area contributed by atoms with E-state index >= 15 is 0 Å². The molecular weight excluding hydrogens is 186 g/mol. The van der Waals surface area contributed by atoms with Crippen LogP contribution in [0.15, 0.2) is 24.3 Å². The van der Waals surface area contributed by atoms with Crippen LogP contribution in [-0.4, -0.2) is 15.7 Å². The molecule has 0 aliphatic heterocycles. The molecule has 2 rings (SSSR count). The predicted molar refractivity (Wildman–Crippen MR) is 63.0 cm³/mol. The summed E-state index contributed by atoms with van der Waals surface area (Å²) in [6.45, 7) is 5.73. The van der Waals surface area contributed by atoms with Crippen LogP contribution in [0.5, 0.6) is 0 Å². The Bertz CT molecular complexity index is 477. The largest absolute Gasteiger partial charge is 0.390 e. The molecule has 0 fully saturated rings. The highest BCUT2D eigenvalue weighted by molar-refractivity contribution is 5.84. The van der Waals surface area contributed by atoms with Gasteiger partial charge in [0, 0.05) is 23.0 Å². The first-order valence-electron chi connectivity index (χ1n) is 5.25. The van der Waals surface area contributed by atoms with Gasteiger partial charge in [0.1, 0.15) is 0 Å². The number of benzene rings is 1. The molecule has 0 amide bonds. The van der Waals surface area contributed by atoms with Crippen molar-refractivity contribution in [1.29, 1.82) is 0 Å². The Balaban J connectivity index is 2.51. The fourth-order valence-corrected chi connectivity index (χ4v) is 1.98. The predicted octanol–water partition coefficient (Wildman–Crippen LogP) is 2.79. The van der Waals surface area contributed by atoms with Crippen molar-refractivity contribution in [3.63, 3.8) is 0 Å². The quantitative estimate of drug-likeness (QED) is 0.773. The summed E-state index contributed by atoms with van der Waals surface area (Å²) in [5, 5.41) is 11.0. The van der Waals surface area contributed by atoms with Crippen molar-refractivity contribution in [1.82, 2.24) is 4.98 Å². The highest BCUT2D eigenvalue weighted by atomic mass is 16.3. The fourth-order valence-electron chi connectivity index (χ4n) is 1.98. The van der Waals surface area contributed by atoms with Gasteiger partial charge in [0.2, 0.25) is 0 Å². The third-order valence-electron chi connectivity index (χ3n) is 2.51. The van der Waals surface area contributed by atoms with Gasteiger partial charge in [0.25, 0.3) is 0 Å². The van der Waals surface area contributed by atoms with Crippen molar-refractivity contribution >= 4 is 10.9 Å². The van der Waals surface area contributed by atoms with Crippen LogP contribution in [0, 0.1) is 6.92 Å². The van der Waals surface area contributed by atoms with Crippen LogP contribution in [-0.2, 0) is 6.42 Å². The van der Waals surface area contributed by atoms with Crippen molar-refractivity contribution in [2.75, 3.05) is 0 Å². The van der Waals surface area contributed by atoms with Crippen LogP contribution in [0.2, 0.25) is 0 Å². The number of nitrogens with one attached hydrogen (secondary N) is 1. The minimum absolute atomic E-state index is 0.653. The van der Waals surface area contributed by atoms with E-state index < -0.39 is 5.60 Å². The summed E-state index contributed by atoms with van der Waals surface area (Å²) >= 11 is 0. The lowest BCUT2D eigenvalue weighted by Crippen LogP contribution is -2.21. The molecule has 1 aromatic carbocycles. The molecule has 2 N–H and O–H groups in total. The van der Waals surface area contributed by atoms with Crippen molar-refractivity contribution in [3.8, 4) is 0 Å². The molecule has 0 atom stereocenters. The van der Waals surface area contributed by atoms with E-state index in [1.807, 2.05) is 26.8 Å². The van der Waals surface area contributed by atoms with Crippen LogP contribution in [0.1, 0.15) is 25.1 Å². The van der Waals surface area contributed by atoms with Crippen LogP contribution >= 0.6 is 0 Å². The number of aryl methyl sites for hydroxylation is 1. The third-order valence-corrected chi connectivity index (χ3v) is 2.51. The molecule has 1 heterocycles. The molecule has 0 bridgehead atoms. The zero-order chi connectivity index (χ0) is 11.1. The molecule has 0 radical (unpaired) electrons. The van der Waals surface area contributed by atoms with Gasteiger partial charge in [-0.15, -0.1) is 0 Å². The Morgan fingerprint density at radius 1 is 1.33 bits per heavy atom. The van der Waals surface area contributed by atoms with Gasteiger partial charge >= 0.3 is 0 Å². The molecule has 2 nitrogen and oxygen atoms in total. The highest BCUT2D eigenvalue weighted by Gasteiger charge is 2.15. The maximum Gasteiger partial charge on any atom is 0.0632 e. The Kier molecular flexibility index (Phi) is 2.31. The van der Waals surface area contributed by atoms with Gasteiger partial charge in [-0.2, -0.15) is 0 Å². The van der Waals surface area contributed by atoms with Crippen LogP contribution < -0.4 is 0 Å². The van der Waals surface area contributed by atoms with E-state index in [-0.39, 0.29) is 0 Å². The zero-order valence-corrected chi connectivity index (χ0v) is 9.46. The van der Waals surface area contributed by atoms with Gasteiger partial charge in [0.15, 0.2) is 0 Å². The number of aromatic nitrogens is 1. The Morgan fingerprint density at radius 3 is 2.73 bits per heavy atom. The molecule has 0 saturated heterocycles. The van der Waals surface area contributed by atoms with Crippen LogP contribution in [0.3, 0.4) is 0 Å². The van der Waals surface area contributed by atoms with Crippen molar-refractivity contribution < 1.29 is 5.11 Å². The van der Waals surface area contributed by atoms with Crippen molar-refractivity contribution in [3.05, 3.63) is 35.5 Å². The molecule has 0 saturated carbocycles. The molecule has 80 valence electrons. The second-order valence-electron chi connectivity index (χ2n) is 4.82. The minimum atomic E-state index is -0.653. The monoisotopic (exact) mass is 203 g/mol. The van der Waals surface area contributed by atoms with E-state index in [4.69, 9.17) is 0 Å². The first-order valence-corrected chi connectivity index (χ1v) is 5.25. The van der Waals surface area contributed by atoms with Gasteiger partial charge in [-0.1, -0.05) is 12.1 Å². The van der Waals surface area contributed by atoms with Crippen molar-refractivity contribution in [2.45, 2.75) is 32.8 Å². The van der Waals surface area contributed by atoms with E-state index in [0.29, 0.717) is 6.42 Å². The Morgan fingerprint density at radius 2 is 2.07 bits per heavy atom. The standard InChI is InChI=1S/C13H17NO/c1-9-7-11-10(8-13(2,3)15)5-4-6-12(11)14-9/h4-7,14-15H,8H2,1-3H3. The van der Waals surface area contributed by atoms with Gasteiger partial charge in [-0.05, 0) is 38.5 Å². The molecule has 2 heteroatoms. The molecule has 0 spiro atoms.